The zero-order valence-corrected chi connectivity index (χ0v) is 22.5. The van der Waals surface area contributed by atoms with Crippen molar-refractivity contribution >= 4 is 22.9 Å². The fourth-order valence-electron chi connectivity index (χ4n) is 3.66. The SMILES string of the molecule is Cc1nc(COc2cc(C)n(-c3cc(-c4nc(C(C)(C)C)ncc4C)ncc3Cl)c(=O)c2C)cs1. The number of hydrogen-bond acceptors (Lipinski definition) is 7. The van der Waals surface area contributed by atoms with Crippen molar-refractivity contribution in [3.8, 4) is 22.8 Å². The first-order valence-corrected chi connectivity index (χ1v) is 12.5. The Bertz CT molecular complexity index is 1470. The summed E-state index contributed by atoms with van der Waals surface area (Å²) in [5.41, 5.74) is 4.37. The van der Waals surface area contributed by atoms with Crippen LogP contribution in [0.5, 0.6) is 5.75 Å². The zero-order chi connectivity index (χ0) is 25.5. The van der Waals surface area contributed by atoms with Gasteiger partial charge in [-0.05, 0) is 39.3 Å². The van der Waals surface area contributed by atoms with Crippen LogP contribution in [-0.4, -0.2) is 24.5 Å². The maximum absolute atomic E-state index is 13.4. The van der Waals surface area contributed by atoms with E-state index in [0.29, 0.717) is 45.7 Å². The van der Waals surface area contributed by atoms with Gasteiger partial charge in [0.1, 0.15) is 18.2 Å². The van der Waals surface area contributed by atoms with Crippen molar-refractivity contribution in [2.45, 2.75) is 60.5 Å². The highest BCUT2D eigenvalue weighted by Crippen LogP contribution is 2.29. The number of ether oxygens (including phenoxy) is 1. The molecule has 0 aromatic carbocycles. The lowest BCUT2D eigenvalue weighted by Gasteiger charge is -2.19. The van der Waals surface area contributed by atoms with Gasteiger partial charge in [-0.2, -0.15) is 0 Å². The van der Waals surface area contributed by atoms with Crippen LogP contribution < -0.4 is 10.3 Å². The van der Waals surface area contributed by atoms with E-state index in [0.717, 1.165) is 22.1 Å². The van der Waals surface area contributed by atoms with Crippen LogP contribution in [0.25, 0.3) is 17.1 Å². The molecule has 0 N–H and O–H groups in total. The Balaban J connectivity index is 1.76. The Morgan fingerprint density at radius 1 is 1.06 bits per heavy atom. The van der Waals surface area contributed by atoms with E-state index in [1.54, 1.807) is 41.3 Å². The number of nitrogens with zero attached hydrogens (tertiary/aromatic N) is 5. The van der Waals surface area contributed by atoms with Crippen LogP contribution in [-0.2, 0) is 12.0 Å². The van der Waals surface area contributed by atoms with Gasteiger partial charge in [0.05, 0.1) is 38.4 Å². The van der Waals surface area contributed by atoms with Crippen molar-refractivity contribution < 1.29 is 4.74 Å². The van der Waals surface area contributed by atoms with Gasteiger partial charge < -0.3 is 4.74 Å². The highest BCUT2D eigenvalue weighted by atomic mass is 35.5. The summed E-state index contributed by atoms with van der Waals surface area (Å²) in [6.07, 6.45) is 3.36. The lowest BCUT2D eigenvalue weighted by atomic mass is 9.95. The molecule has 4 aromatic heterocycles. The minimum absolute atomic E-state index is 0.205. The Hall–Kier alpha value is -3.10. The lowest BCUT2D eigenvalue weighted by Crippen LogP contribution is -2.24. The molecular formula is C26H28ClN5O2S. The molecule has 0 amide bonds. The first kappa shape index (κ1) is 25.0. The topological polar surface area (TPSA) is 82.8 Å². The number of aryl methyl sites for hydroxylation is 3. The second-order valence-electron chi connectivity index (χ2n) is 9.56. The first-order chi connectivity index (χ1) is 16.5. The van der Waals surface area contributed by atoms with E-state index in [9.17, 15) is 4.79 Å². The normalized spacial score (nSPS) is 11.7. The fourth-order valence-corrected chi connectivity index (χ4v) is 4.45. The third-order valence-electron chi connectivity index (χ3n) is 5.59. The molecule has 0 unspecified atom stereocenters. The average Bonchev–Trinajstić information content (AvgIpc) is 3.21. The Morgan fingerprint density at radius 2 is 1.80 bits per heavy atom. The number of thiazole rings is 1. The molecule has 4 rings (SSSR count). The molecular weight excluding hydrogens is 482 g/mol. The molecule has 4 heterocycles. The quantitative estimate of drug-likeness (QED) is 0.332. The fraction of sp³-hybridized carbons (Fsp3) is 0.346. The largest absolute Gasteiger partial charge is 0.487 e. The van der Waals surface area contributed by atoms with Crippen molar-refractivity contribution in [1.82, 2.24) is 24.5 Å². The van der Waals surface area contributed by atoms with Crippen molar-refractivity contribution in [3.05, 3.63) is 78.6 Å². The van der Waals surface area contributed by atoms with Crippen LogP contribution in [0.4, 0.5) is 0 Å². The molecule has 0 radical (unpaired) electrons. The molecule has 0 aliphatic rings. The summed E-state index contributed by atoms with van der Waals surface area (Å²) >= 11 is 8.12. The molecule has 0 fully saturated rings. The van der Waals surface area contributed by atoms with Crippen LogP contribution in [0.2, 0.25) is 5.02 Å². The van der Waals surface area contributed by atoms with Gasteiger partial charge in [-0.25, -0.2) is 15.0 Å². The standard InChI is InChI=1S/C26H28ClN5O2S/c1-14-10-29-25(26(5,6)7)31-23(14)20-9-21(19(27)11-28-20)32-15(2)8-22(16(3)24(32)33)34-12-18-13-35-17(4)30-18/h8-11,13H,12H2,1-7H3. The van der Waals surface area contributed by atoms with Gasteiger partial charge in [0, 0.05) is 34.9 Å². The maximum atomic E-state index is 13.4. The second-order valence-corrected chi connectivity index (χ2v) is 11.0. The van der Waals surface area contributed by atoms with Gasteiger partial charge in [-0.3, -0.25) is 14.3 Å². The van der Waals surface area contributed by atoms with E-state index in [1.165, 1.54) is 0 Å². The minimum atomic E-state index is -0.213. The average molecular weight is 510 g/mol. The van der Waals surface area contributed by atoms with Gasteiger partial charge in [0.2, 0.25) is 0 Å². The van der Waals surface area contributed by atoms with E-state index in [-0.39, 0.29) is 11.0 Å². The summed E-state index contributed by atoms with van der Waals surface area (Å²) in [4.78, 5) is 31.6. The number of hydrogen-bond donors (Lipinski definition) is 0. The van der Waals surface area contributed by atoms with Crippen LogP contribution in [0, 0.1) is 27.7 Å². The molecule has 0 atom stereocenters. The van der Waals surface area contributed by atoms with Crippen molar-refractivity contribution in [3.63, 3.8) is 0 Å². The number of aromatic nitrogens is 5. The molecule has 0 aliphatic heterocycles. The summed E-state index contributed by atoms with van der Waals surface area (Å²) in [5, 5.41) is 3.30. The van der Waals surface area contributed by atoms with Crippen molar-refractivity contribution in [1.29, 1.82) is 0 Å². The summed E-state index contributed by atoms with van der Waals surface area (Å²) in [6.45, 7) is 14.0. The molecule has 0 saturated heterocycles. The van der Waals surface area contributed by atoms with Crippen LogP contribution in [0.15, 0.2) is 34.7 Å². The van der Waals surface area contributed by atoms with E-state index < -0.39 is 0 Å². The third kappa shape index (κ3) is 5.13. The van der Waals surface area contributed by atoms with Gasteiger partial charge in [0.25, 0.3) is 5.56 Å². The highest BCUT2D eigenvalue weighted by molar-refractivity contribution is 7.09. The monoisotopic (exact) mass is 509 g/mol. The number of pyridine rings is 2. The first-order valence-electron chi connectivity index (χ1n) is 11.2. The van der Waals surface area contributed by atoms with Crippen molar-refractivity contribution in [2.24, 2.45) is 0 Å². The molecule has 35 heavy (non-hydrogen) atoms. The molecule has 7 nitrogen and oxygen atoms in total. The van der Waals surface area contributed by atoms with Gasteiger partial charge in [-0.15, -0.1) is 11.3 Å². The van der Waals surface area contributed by atoms with E-state index in [2.05, 4.69) is 35.7 Å². The van der Waals surface area contributed by atoms with E-state index >= 15 is 0 Å². The molecule has 9 heteroatoms. The number of rotatable bonds is 5. The summed E-state index contributed by atoms with van der Waals surface area (Å²) < 4.78 is 7.53. The predicted molar refractivity (Wildman–Crippen MR) is 140 cm³/mol. The smallest absolute Gasteiger partial charge is 0.261 e. The number of halogens is 1. The molecule has 4 aromatic rings. The van der Waals surface area contributed by atoms with Crippen LogP contribution >= 0.6 is 22.9 Å². The summed E-state index contributed by atoms with van der Waals surface area (Å²) in [5.74, 6) is 1.25. The Labute approximate surface area is 213 Å². The highest BCUT2D eigenvalue weighted by Gasteiger charge is 2.21. The van der Waals surface area contributed by atoms with Gasteiger partial charge >= 0.3 is 0 Å². The molecule has 0 aliphatic carbocycles. The maximum Gasteiger partial charge on any atom is 0.261 e. The van der Waals surface area contributed by atoms with Gasteiger partial charge in [-0.1, -0.05) is 32.4 Å². The van der Waals surface area contributed by atoms with Crippen molar-refractivity contribution in [2.75, 3.05) is 0 Å². The molecule has 0 saturated carbocycles. The second kappa shape index (κ2) is 9.51. The lowest BCUT2D eigenvalue weighted by molar-refractivity contribution is 0.298. The Morgan fingerprint density at radius 3 is 2.46 bits per heavy atom. The van der Waals surface area contributed by atoms with E-state index in [4.69, 9.17) is 21.3 Å². The minimum Gasteiger partial charge on any atom is -0.487 e. The van der Waals surface area contributed by atoms with Crippen LogP contribution in [0.3, 0.4) is 0 Å². The molecule has 0 bridgehead atoms. The predicted octanol–water partition coefficient (Wildman–Crippen LogP) is 5.91. The van der Waals surface area contributed by atoms with Gasteiger partial charge in [0.15, 0.2) is 0 Å². The van der Waals surface area contributed by atoms with Crippen LogP contribution in [0.1, 0.15) is 54.1 Å². The summed E-state index contributed by atoms with van der Waals surface area (Å²) in [7, 11) is 0. The summed E-state index contributed by atoms with van der Waals surface area (Å²) in [6, 6.07) is 3.65. The zero-order valence-electron chi connectivity index (χ0n) is 20.9. The molecule has 0 spiro atoms. The van der Waals surface area contributed by atoms with E-state index in [1.807, 2.05) is 32.2 Å². The molecule has 182 valence electrons. The Kier molecular flexibility index (Phi) is 6.79. The third-order valence-corrected chi connectivity index (χ3v) is 6.70.